The number of thioether (sulfide) groups is 1. The van der Waals surface area contributed by atoms with Crippen LogP contribution in [0.1, 0.15) is 34.7 Å². The van der Waals surface area contributed by atoms with E-state index in [1.807, 2.05) is 13.0 Å². The van der Waals surface area contributed by atoms with E-state index in [0.29, 0.717) is 28.2 Å². The van der Waals surface area contributed by atoms with Gasteiger partial charge in [0, 0.05) is 17.3 Å². The average Bonchev–Trinajstić information content (AvgIpc) is 3.18. The highest BCUT2D eigenvalue weighted by Crippen LogP contribution is 2.23. The first-order valence-corrected chi connectivity index (χ1v) is 11.4. The van der Waals surface area contributed by atoms with E-state index >= 15 is 0 Å². The van der Waals surface area contributed by atoms with Crippen LogP contribution in [0, 0.1) is 12.7 Å². The molecule has 1 heterocycles. The van der Waals surface area contributed by atoms with E-state index in [1.54, 1.807) is 35.8 Å². The smallest absolute Gasteiger partial charge is 0.254 e. The Hall–Kier alpha value is -3.17. The first-order chi connectivity index (χ1) is 15.8. The minimum Gasteiger partial charge on any atom is -0.342 e. The van der Waals surface area contributed by atoms with Crippen LogP contribution in [0.25, 0.3) is 0 Å². The Kier molecular flexibility index (Phi) is 8.24. The molecule has 33 heavy (non-hydrogen) atoms. The number of allylic oxidation sites excluding steroid dienone is 1. The first kappa shape index (κ1) is 24.5. The zero-order valence-electron chi connectivity index (χ0n) is 18.1. The minimum absolute atomic E-state index is 0.0541. The number of rotatable bonds is 9. The largest absolute Gasteiger partial charge is 0.342 e. The third-order valence-corrected chi connectivity index (χ3v) is 6.07. The van der Waals surface area contributed by atoms with Crippen LogP contribution in [-0.4, -0.2) is 32.3 Å². The summed E-state index contributed by atoms with van der Waals surface area (Å²) >= 11 is 7.31. The Balaban J connectivity index is 1.67. The maximum absolute atomic E-state index is 13.9. The van der Waals surface area contributed by atoms with Crippen molar-refractivity contribution in [1.82, 2.24) is 20.1 Å². The number of carbonyl (C=O) groups excluding carboxylic acids is 2. The lowest BCUT2D eigenvalue weighted by Gasteiger charge is -2.15. The van der Waals surface area contributed by atoms with Crippen LogP contribution < -0.4 is 10.6 Å². The van der Waals surface area contributed by atoms with Gasteiger partial charge in [-0.25, -0.2) is 4.39 Å². The molecule has 7 nitrogen and oxygen atoms in total. The molecule has 3 rings (SSSR count). The van der Waals surface area contributed by atoms with Gasteiger partial charge in [0.2, 0.25) is 5.91 Å². The van der Waals surface area contributed by atoms with Gasteiger partial charge in [-0.3, -0.25) is 9.59 Å². The van der Waals surface area contributed by atoms with Gasteiger partial charge in [0.15, 0.2) is 11.0 Å². The minimum atomic E-state index is -0.605. The van der Waals surface area contributed by atoms with Crippen LogP contribution >= 0.6 is 23.4 Å². The van der Waals surface area contributed by atoms with Crippen LogP contribution in [0.5, 0.6) is 0 Å². The van der Waals surface area contributed by atoms with Crippen LogP contribution in [-0.2, 0) is 11.3 Å². The Morgan fingerprint density at radius 1 is 1.27 bits per heavy atom. The second-order valence-corrected chi connectivity index (χ2v) is 8.57. The molecular formula is C23H23ClFN5O2S. The summed E-state index contributed by atoms with van der Waals surface area (Å²) in [5.41, 5.74) is 1.47. The summed E-state index contributed by atoms with van der Waals surface area (Å²) in [5, 5.41) is 14.9. The number of hydrogen-bond donors (Lipinski definition) is 2. The summed E-state index contributed by atoms with van der Waals surface area (Å²) in [6.45, 7) is 7.73. The van der Waals surface area contributed by atoms with Gasteiger partial charge < -0.3 is 15.2 Å². The highest BCUT2D eigenvalue weighted by molar-refractivity contribution is 7.99. The number of anilines is 1. The maximum Gasteiger partial charge on any atom is 0.254 e. The Bertz CT molecular complexity index is 1180. The van der Waals surface area contributed by atoms with Gasteiger partial charge in [0.05, 0.1) is 17.4 Å². The van der Waals surface area contributed by atoms with Crippen molar-refractivity contribution >= 4 is 40.9 Å². The molecule has 0 radical (unpaired) electrons. The van der Waals surface area contributed by atoms with Crippen molar-refractivity contribution in [1.29, 1.82) is 0 Å². The summed E-state index contributed by atoms with van der Waals surface area (Å²) in [6, 6.07) is 10.5. The molecule has 2 amide bonds. The van der Waals surface area contributed by atoms with Crippen LogP contribution in [0.3, 0.4) is 0 Å². The molecule has 0 bridgehead atoms. The zero-order chi connectivity index (χ0) is 24.0. The third-order valence-electron chi connectivity index (χ3n) is 4.70. The lowest BCUT2D eigenvalue weighted by Crippen LogP contribution is -2.29. The summed E-state index contributed by atoms with van der Waals surface area (Å²) < 4.78 is 15.7. The molecule has 1 aromatic heterocycles. The molecule has 2 N–H and O–H groups in total. The molecule has 0 spiro atoms. The van der Waals surface area contributed by atoms with Crippen molar-refractivity contribution in [2.45, 2.75) is 31.6 Å². The molecule has 0 fully saturated rings. The maximum atomic E-state index is 13.9. The van der Waals surface area contributed by atoms with E-state index in [2.05, 4.69) is 27.4 Å². The van der Waals surface area contributed by atoms with Crippen molar-refractivity contribution in [3.8, 4) is 0 Å². The van der Waals surface area contributed by atoms with Crippen molar-refractivity contribution in [2.24, 2.45) is 0 Å². The second kappa shape index (κ2) is 11.1. The highest BCUT2D eigenvalue weighted by atomic mass is 35.5. The second-order valence-electron chi connectivity index (χ2n) is 7.22. The fourth-order valence-electron chi connectivity index (χ4n) is 3.01. The molecule has 0 aliphatic carbocycles. The highest BCUT2D eigenvalue weighted by Gasteiger charge is 2.21. The molecular weight excluding hydrogens is 465 g/mol. The number of nitrogens with one attached hydrogen (secondary N) is 2. The predicted octanol–water partition coefficient (Wildman–Crippen LogP) is 4.79. The number of halogens is 2. The lowest BCUT2D eigenvalue weighted by molar-refractivity contribution is -0.113. The standard InChI is InChI=1S/C23H23ClFN5O2S/c1-4-11-30-21(15(3)26-22(32)17-7-5-6-8-19(17)25)28-29-23(30)33-13-20(31)27-16-10-9-14(2)18(24)12-16/h4-10,12,15H,1,11,13H2,2-3H3,(H,26,32)(H,27,31)/t15-/m0/s1. The number of carbonyl (C=O) groups is 2. The monoisotopic (exact) mass is 487 g/mol. The van der Waals surface area contributed by atoms with E-state index < -0.39 is 17.8 Å². The summed E-state index contributed by atoms with van der Waals surface area (Å²) in [7, 11) is 0. The summed E-state index contributed by atoms with van der Waals surface area (Å²) in [4.78, 5) is 24.8. The Labute approximate surface area is 200 Å². The van der Waals surface area contributed by atoms with E-state index in [1.165, 1.54) is 30.0 Å². The van der Waals surface area contributed by atoms with E-state index in [0.717, 1.165) is 5.56 Å². The molecule has 172 valence electrons. The van der Waals surface area contributed by atoms with Crippen LogP contribution in [0.2, 0.25) is 5.02 Å². The van der Waals surface area contributed by atoms with E-state index in [9.17, 15) is 14.0 Å². The summed E-state index contributed by atoms with van der Waals surface area (Å²) in [5.74, 6) is -0.828. The number of nitrogens with zero attached hydrogens (tertiary/aromatic N) is 3. The molecule has 1 atom stereocenters. The lowest BCUT2D eigenvalue weighted by atomic mass is 10.2. The van der Waals surface area contributed by atoms with Crippen molar-refractivity contribution in [3.05, 3.63) is 82.9 Å². The van der Waals surface area contributed by atoms with Gasteiger partial charge in [-0.15, -0.1) is 16.8 Å². The molecule has 0 aliphatic rings. The summed E-state index contributed by atoms with van der Waals surface area (Å²) in [6.07, 6.45) is 1.66. The quantitative estimate of drug-likeness (QED) is 0.335. The van der Waals surface area contributed by atoms with Crippen LogP contribution in [0.15, 0.2) is 60.3 Å². The fourth-order valence-corrected chi connectivity index (χ4v) is 3.95. The van der Waals surface area contributed by atoms with Crippen LogP contribution in [0.4, 0.5) is 10.1 Å². The zero-order valence-corrected chi connectivity index (χ0v) is 19.7. The number of benzene rings is 2. The topological polar surface area (TPSA) is 88.9 Å². The number of aryl methyl sites for hydroxylation is 1. The third kappa shape index (κ3) is 6.21. The van der Waals surface area contributed by atoms with Crippen molar-refractivity contribution in [3.63, 3.8) is 0 Å². The number of aromatic nitrogens is 3. The molecule has 2 aromatic carbocycles. The Morgan fingerprint density at radius 2 is 2.03 bits per heavy atom. The van der Waals surface area contributed by atoms with E-state index in [4.69, 9.17) is 11.6 Å². The van der Waals surface area contributed by atoms with Gasteiger partial charge in [0.25, 0.3) is 5.91 Å². The predicted molar refractivity (Wildman–Crippen MR) is 128 cm³/mol. The molecule has 3 aromatic rings. The van der Waals surface area contributed by atoms with Gasteiger partial charge >= 0.3 is 0 Å². The van der Waals surface area contributed by atoms with Gasteiger partial charge in [-0.1, -0.05) is 47.6 Å². The van der Waals surface area contributed by atoms with Crippen molar-refractivity contribution in [2.75, 3.05) is 11.1 Å². The fraction of sp³-hybridized carbons (Fsp3) is 0.217. The Morgan fingerprint density at radius 3 is 2.73 bits per heavy atom. The normalized spacial score (nSPS) is 11.6. The molecule has 0 saturated carbocycles. The number of hydrogen-bond acceptors (Lipinski definition) is 5. The average molecular weight is 488 g/mol. The van der Waals surface area contributed by atoms with Gasteiger partial charge in [0.1, 0.15) is 5.82 Å². The van der Waals surface area contributed by atoms with Crippen molar-refractivity contribution < 1.29 is 14.0 Å². The molecule has 0 unspecified atom stereocenters. The number of amides is 2. The van der Waals surface area contributed by atoms with Gasteiger partial charge in [-0.05, 0) is 43.7 Å². The first-order valence-electron chi connectivity index (χ1n) is 10.1. The van der Waals surface area contributed by atoms with Gasteiger partial charge in [-0.2, -0.15) is 0 Å². The van der Waals surface area contributed by atoms with E-state index in [-0.39, 0.29) is 17.2 Å². The molecule has 0 aliphatic heterocycles. The SMILES string of the molecule is C=CCn1c(SCC(=O)Nc2ccc(C)c(Cl)c2)nnc1[C@H](C)NC(=O)c1ccccc1F. The molecule has 0 saturated heterocycles. The molecule has 10 heteroatoms.